The number of nitro groups is 1. The fourth-order valence-corrected chi connectivity index (χ4v) is 3.34. The molecule has 134 valence electrons. The zero-order valence-electron chi connectivity index (χ0n) is 14.4. The van der Waals surface area contributed by atoms with Crippen LogP contribution in [-0.2, 0) is 0 Å². The molecule has 0 bridgehead atoms. The normalized spacial score (nSPS) is 10.4. The molecule has 0 fully saturated rings. The van der Waals surface area contributed by atoms with Crippen LogP contribution >= 0.6 is 11.5 Å². The third kappa shape index (κ3) is 3.18. The number of hydrogen-bond donors (Lipinski definition) is 0. The second kappa shape index (κ2) is 7.40. The fraction of sp³-hybridized carbons (Fsp3) is 0.167. The molecule has 2 aromatic carbocycles. The van der Waals surface area contributed by atoms with Crippen LogP contribution < -0.4 is 14.2 Å². The zero-order valence-corrected chi connectivity index (χ0v) is 15.2. The molecule has 1 heterocycles. The van der Waals surface area contributed by atoms with Crippen molar-refractivity contribution in [3.63, 3.8) is 0 Å². The molecule has 0 aliphatic carbocycles. The first-order chi connectivity index (χ1) is 12.6. The minimum absolute atomic E-state index is 0.0409. The average Bonchev–Trinajstić information content (AvgIpc) is 3.16. The molecule has 0 spiro atoms. The fourth-order valence-electron chi connectivity index (χ4n) is 2.63. The van der Waals surface area contributed by atoms with E-state index >= 15 is 0 Å². The van der Waals surface area contributed by atoms with E-state index in [2.05, 4.69) is 4.37 Å². The Morgan fingerprint density at radius 1 is 1.00 bits per heavy atom. The number of nitrogens with zero attached hydrogens (tertiary/aromatic N) is 2. The van der Waals surface area contributed by atoms with Crippen LogP contribution in [0.2, 0.25) is 0 Å². The Balaban J connectivity index is 2.15. The van der Waals surface area contributed by atoms with Crippen LogP contribution in [0, 0.1) is 10.1 Å². The lowest BCUT2D eigenvalue weighted by molar-refractivity contribution is -0.384. The molecule has 0 saturated carbocycles. The maximum Gasteiger partial charge on any atom is 0.269 e. The molecule has 3 aromatic rings. The molecule has 0 saturated heterocycles. The van der Waals surface area contributed by atoms with Crippen molar-refractivity contribution in [3.05, 3.63) is 51.9 Å². The second-order valence-electron chi connectivity index (χ2n) is 5.29. The minimum Gasteiger partial charge on any atom is -0.497 e. The van der Waals surface area contributed by atoms with Gasteiger partial charge in [0.1, 0.15) is 5.75 Å². The smallest absolute Gasteiger partial charge is 0.269 e. The van der Waals surface area contributed by atoms with E-state index in [4.69, 9.17) is 14.2 Å². The van der Waals surface area contributed by atoms with Crippen LogP contribution in [0.1, 0.15) is 0 Å². The van der Waals surface area contributed by atoms with Crippen molar-refractivity contribution in [1.29, 1.82) is 0 Å². The standard InChI is InChI=1S/C18H16N2O5S/c1-23-13-8-14(18(25-3)16(9-13)24-2)17-15(10-26-19-17)11-4-6-12(7-5-11)20(21)22/h4-10H,1-3H3. The van der Waals surface area contributed by atoms with Gasteiger partial charge in [0.05, 0.1) is 37.5 Å². The molecule has 0 atom stereocenters. The highest BCUT2D eigenvalue weighted by molar-refractivity contribution is 7.04. The van der Waals surface area contributed by atoms with E-state index in [1.54, 1.807) is 39.5 Å². The van der Waals surface area contributed by atoms with Gasteiger partial charge in [-0.3, -0.25) is 10.1 Å². The van der Waals surface area contributed by atoms with Crippen molar-refractivity contribution >= 4 is 17.2 Å². The van der Waals surface area contributed by atoms with Crippen molar-refractivity contribution in [2.45, 2.75) is 0 Å². The number of aromatic nitrogens is 1. The van der Waals surface area contributed by atoms with E-state index in [1.165, 1.54) is 23.7 Å². The Morgan fingerprint density at radius 3 is 2.31 bits per heavy atom. The molecule has 0 amide bonds. The number of benzene rings is 2. The topological polar surface area (TPSA) is 83.7 Å². The number of non-ortho nitro benzene ring substituents is 1. The first-order valence-electron chi connectivity index (χ1n) is 7.58. The number of rotatable bonds is 6. The molecule has 26 heavy (non-hydrogen) atoms. The van der Waals surface area contributed by atoms with Crippen molar-refractivity contribution in [2.24, 2.45) is 0 Å². The SMILES string of the molecule is COc1cc(OC)c(OC)c(-c2nscc2-c2ccc([N+](=O)[O-])cc2)c1. The van der Waals surface area contributed by atoms with Gasteiger partial charge in [0.2, 0.25) is 0 Å². The first kappa shape index (κ1) is 17.7. The number of nitro benzene ring substituents is 1. The van der Waals surface area contributed by atoms with Crippen LogP contribution in [0.4, 0.5) is 5.69 Å². The summed E-state index contributed by atoms with van der Waals surface area (Å²) >= 11 is 1.29. The highest BCUT2D eigenvalue weighted by Gasteiger charge is 2.20. The maximum absolute atomic E-state index is 10.9. The van der Waals surface area contributed by atoms with Crippen LogP contribution in [0.25, 0.3) is 22.4 Å². The third-order valence-electron chi connectivity index (χ3n) is 3.90. The van der Waals surface area contributed by atoms with Gasteiger partial charge in [-0.1, -0.05) is 0 Å². The second-order valence-corrected chi connectivity index (χ2v) is 5.92. The summed E-state index contributed by atoms with van der Waals surface area (Å²) in [5, 5.41) is 12.8. The summed E-state index contributed by atoms with van der Waals surface area (Å²) < 4.78 is 20.8. The monoisotopic (exact) mass is 372 g/mol. The minimum atomic E-state index is -0.424. The van der Waals surface area contributed by atoms with Gasteiger partial charge < -0.3 is 14.2 Å². The van der Waals surface area contributed by atoms with Gasteiger partial charge in [0.15, 0.2) is 11.5 Å². The number of ether oxygens (including phenoxy) is 3. The Hall–Kier alpha value is -3.13. The van der Waals surface area contributed by atoms with Gasteiger partial charge >= 0.3 is 0 Å². The molecular formula is C18H16N2O5S. The van der Waals surface area contributed by atoms with E-state index in [1.807, 2.05) is 11.4 Å². The third-order valence-corrected chi connectivity index (χ3v) is 4.53. The van der Waals surface area contributed by atoms with Gasteiger partial charge in [-0.2, -0.15) is 4.37 Å². The predicted octanol–water partition coefficient (Wildman–Crippen LogP) is 4.41. The summed E-state index contributed by atoms with van der Waals surface area (Å²) in [5.41, 5.74) is 3.12. The number of hydrogen-bond acceptors (Lipinski definition) is 7. The largest absolute Gasteiger partial charge is 0.497 e. The highest BCUT2D eigenvalue weighted by Crippen LogP contribution is 2.44. The lowest BCUT2D eigenvalue weighted by Gasteiger charge is -2.14. The van der Waals surface area contributed by atoms with Gasteiger partial charge in [-0.25, -0.2) is 0 Å². The molecule has 0 unspecified atom stereocenters. The van der Waals surface area contributed by atoms with Crippen molar-refractivity contribution in [3.8, 4) is 39.6 Å². The maximum atomic E-state index is 10.9. The molecule has 0 radical (unpaired) electrons. The average molecular weight is 372 g/mol. The van der Waals surface area contributed by atoms with Gasteiger partial charge in [-0.05, 0) is 35.3 Å². The van der Waals surface area contributed by atoms with Crippen LogP contribution in [0.15, 0.2) is 41.8 Å². The van der Waals surface area contributed by atoms with Gasteiger partial charge in [-0.15, -0.1) is 0 Å². The molecule has 1 aromatic heterocycles. The summed E-state index contributed by atoms with van der Waals surface area (Å²) in [5.74, 6) is 1.69. The van der Waals surface area contributed by atoms with E-state index in [0.29, 0.717) is 22.9 Å². The quantitative estimate of drug-likeness (QED) is 0.471. The van der Waals surface area contributed by atoms with E-state index < -0.39 is 4.92 Å². The Bertz CT molecular complexity index is 937. The van der Waals surface area contributed by atoms with Crippen LogP contribution in [0.5, 0.6) is 17.2 Å². The van der Waals surface area contributed by atoms with Gasteiger partial charge in [0, 0.05) is 29.1 Å². The lowest BCUT2D eigenvalue weighted by Crippen LogP contribution is -1.96. The van der Waals surface area contributed by atoms with E-state index in [9.17, 15) is 10.1 Å². The molecule has 0 aliphatic rings. The highest BCUT2D eigenvalue weighted by atomic mass is 32.1. The molecule has 0 aliphatic heterocycles. The Kier molecular flexibility index (Phi) is 5.04. The van der Waals surface area contributed by atoms with Crippen LogP contribution in [0.3, 0.4) is 0 Å². The molecule has 7 nitrogen and oxygen atoms in total. The summed E-state index contributed by atoms with van der Waals surface area (Å²) in [6.45, 7) is 0. The molecular weight excluding hydrogens is 356 g/mol. The van der Waals surface area contributed by atoms with Crippen LogP contribution in [-0.4, -0.2) is 30.6 Å². The lowest BCUT2D eigenvalue weighted by atomic mass is 10.0. The van der Waals surface area contributed by atoms with E-state index in [-0.39, 0.29) is 5.69 Å². The van der Waals surface area contributed by atoms with Crippen molar-refractivity contribution in [1.82, 2.24) is 4.37 Å². The zero-order chi connectivity index (χ0) is 18.7. The first-order valence-corrected chi connectivity index (χ1v) is 8.42. The van der Waals surface area contributed by atoms with Gasteiger partial charge in [0.25, 0.3) is 5.69 Å². The summed E-state index contributed by atoms with van der Waals surface area (Å²) in [6, 6.07) is 9.91. The molecule has 3 rings (SSSR count). The Morgan fingerprint density at radius 2 is 1.73 bits per heavy atom. The predicted molar refractivity (Wildman–Crippen MR) is 99.3 cm³/mol. The summed E-state index contributed by atoms with van der Waals surface area (Å²) in [6.07, 6.45) is 0. The van der Waals surface area contributed by atoms with Crippen molar-refractivity contribution < 1.29 is 19.1 Å². The van der Waals surface area contributed by atoms with E-state index in [0.717, 1.165) is 16.7 Å². The molecule has 8 heteroatoms. The van der Waals surface area contributed by atoms with Crippen molar-refractivity contribution in [2.75, 3.05) is 21.3 Å². The summed E-state index contributed by atoms with van der Waals surface area (Å²) in [7, 11) is 4.69. The number of methoxy groups -OCH3 is 3. The molecule has 0 N–H and O–H groups in total. The summed E-state index contributed by atoms with van der Waals surface area (Å²) in [4.78, 5) is 10.4. The Labute approximate surface area is 154 Å².